The summed E-state index contributed by atoms with van der Waals surface area (Å²) in [4.78, 5) is 24.9. The highest BCUT2D eigenvalue weighted by Gasteiger charge is 2.25. The molecule has 19 heavy (non-hydrogen) atoms. The maximum atomic E-state index is 11.7. The van der Waals surface area contributed by atoms with Crippen molar-refractivity contribution in [3.63, 3.8) is 0 Å². The van der Waals surface area contributed by atoms with Crippen molar-refractivity contribution >= 4 is 29.2 Å². The molecule has 2 rings (SSSR count). The number of halogens is 1. The first kappa shape index (κ1) is 13.7. The molecule has 0 fully saturated rings. The number of carbonyl (C=O) groups excluding carboxylic acids is 2. The first-order valence-electron chi connectivity index (χ1n) is 6.12. The Morgan fingerprint density at radius 3 is 3.05 bits per heavy atom. The average molecular weight is 283 g/mol. The number of fused-ring (bicyclic) bond motifs is 1. The second-order valence-electron chi connectivity index (χ2n) is 4.29. The van der Waals surface area contributed by atoms with Gasteiger partial charge >= 0.3 is 5.97 Å². The molecular formula is C13H15ClN2O3. The molecule has 0 saturated carbocycles. The van der Waals surface area contributed by atoms with Gasteiger partial charge in [0.15, 0.2) is 5.75 Å². The quantitative estimate of drug-likeness (QED) is 0.673. The number of hydrogen-bond donors (Lipinski definition) is 1. The van der Waals surface area contributed by atoms with Gasteiger partial charge in [-0.2, -0.15) is 0 Å². The van der Waals surface area contributed by atoms with Crippen molar-refractivity contribution in [3.8, 4) is 5.75 Å². The Bertz CT molecular complexity index is 505. The Hall–Kier alpha value is -1.75. The van der Waals surface area contributed by atoms with Gasteiger partial charge in [-0.15, -0.1) is 0 Å². The molecule has 0 radical (unpaired) electrons. The Kier molecular flexibility index (Phi) is 4.27. The van der Waals surface area contributed by atoms with Crippen LogP contribution in [0.3, 0.4) is 0 Å². The van der Waals surface area contributed by atoms with E-state index in [0.29, 0.717) is 23.0 Å². The molecule has 1 aromatic rings. The monoisotopic (exact) mass is 282 g/mol. The fraction of sp³-hybridized carbons (Fsp3) is 0.385. The first-order chi connectivity index (χ1) is 9.10. The summed E-state index contributed by atoms with van der Waals surface area (Å²) in [6.07, 6.45) is 0.871. The summed E-state index contributed by atoms with van der Waals surface area (Å²) >= 11 is 5.93. The highest BCUT2D eigenvalue weighted by Crippen LogP contribution is 2.34. The van der Waals surface area contributed by atoms with Crippen LogP contribution in [0.15, 0.2) is 18.2 Å². The maximum Gasteiger partial charge on any atom is 0.331 e. The summed E-state index contributed by atoms with van der Waals surface area (Å²) in [5.74, 6) is -0.0652. The Morgan fingerprint density at radius 2 is 2.32 bits per heavy atom. The van der Waals surface area contributed by atoms with Gasteiger partial charge in [0.25, 0.3) is 0 Å². The fourth-order valence-electron chi connectivity index (χ4n) is 1.85. The second-order valence-corrected chi connectivity index (χ2v) is 4.73. The van der Waals surface area contributed by atoms with Gasteiger partial charge < -0.3 is 15.0 Å². The molecule has 1 aromatic carbocycles. The van der Waals surface area contributed by atoms with Crippen molar-refractivity contribution < 1.29 is 14.3 Å². The van der Waals surface area contributed by atoms with Crippen LogP contribution >= 0.6 is 11.6 Å². The lowest BCUT2D eigenvalue weighted by Crippen LogP contribution is -2.43. The fourth-order valence-corrected chi connectivity index (χ4v) is 2.02. The highest BCUT2D eigenvalue weighted by molar-refractivity contribution is 6.31. The number of nitrogens with one attached hydrogen (secondary N) is 1. The lowest BCUT2D eigenvalue weighted by atomic mass is 10.2. The van der Waals surface area contributed by atoms with Crippen molar-refractivity contribution in [1.82, 2.24) is 5.32 Å². The third-order valence-corrected chi connectivity index (χ3v) is 2.95. The van der Waals surface area contributed by atoms with Gasteiger partial charge in [-0.1, -0.05) is 18.5 Å². The normalized spacial score (nSPS) is 13.8. The van der Waals surface area contributed by atoms with Gasteiger partial charge in [0.1, 0.15) is 6.54 Å². The highest BCUT2D eigenvalue weighted by atomic mass is 35.5. The molecule has 1 aliphatic rings. The standard InChI is InChI=1S/C13H15ClN2O3/c1-2-5-15-12(17)7-16-8-13(18)19-11-4-3-9(14)6-10(11)16/h3-4,6H,2,5,7-8H2,1H3,(H,15,17). The van der Waals surface area contributed by atoms with Gasteiger partial charge in [0.2, 0.25) is 5.91 Å². The third kappa shape index (κ3) is 3.38. The summed E-state index contributed by atoms with van der Waals surface area (Å²) in [7, 11) is 0. The van der Waals surface area contributed by atoms with Crippen LogP contribution in [0.4, 0.5) is 5.69 Å². The summed E-state index contributed by atoms with van der Waals surface area (Å²) in [5, 5.41) is 3.31. The van der Waals surface area contributed by atoms with Crippen LogP contribution in [-0.4, -0.2) is 31.5 Å². The van der Waals surface area contributed by atoms with Gasteiger partial charge in [-0.3, -0.25) is 4.79 Å². The summed E-state index contributed by atoms with van der Waals surface area (Å²) in [5.41, 5.74) is 0.666. The van der Waals surface area contributed by atoms with Gasteiger partial charge in [0.05, 0.1) is 12.2 Å². The Labute approximate surface area is 116 Å². The number of amides is 1. The zero-order valence-corrected chi connectivity index (χ0v) is 11.4. The molecule has 1 aliphatic heterocycles. The smallest absolute Gasteiger partial charge is 0.331 e. The zero-order valence-electron chi connectivity index (χ0n) is 10.6. The van der Waals surface area contributed by atoms with Crippen LogP contribution < -0.4 is 15.0 Å². The Balaban J connectivity index is 2.15. The minimum atomic E-state index is -0.377. The number of esters is 1. The van der Waals surface area contributed by atoms with E-state index in [1.165, 1.54) is 0 Å². The second kappa shape index (κ2) is 5.93. The van der Waals surface area contributed by atoms with Gasteiger partial charge in [-0.05, 0) is 24.6 Å². The van der Waals surface area contributed by atoms with Crippen molar-refractivity contribution in [2.45, 2.75) is 13.3 Å². The van der Waals surface area contributed by atoms with Crippen LogP contribution in [0.2, 0.25) is 5.02 Å². The molecule has 0 aromatic heterocycles. The van der Waals surface area contributed by atoms with Gasteiger partial charge in [0, 0.05) is 11.6 Å². The minimum absolute atomic E-state index is 0.0485. The van der Waals surface area contributed by atoms with Crippen molar-refractivity contribution in [2.75, 3.05) is 24.5 Å². The van der Waals surface area contributed by atoms with Crippen LogP contribution in [0.5, 0.6) is 5.75 Å². The number of carbonyl (C=O) groups is 2. The largest absolute Gasteiger partial charge is 0.423 e. The summed E-state index contributed by atoms with van der Waals surface area (Å²) < 4.78 is 5.11. The molecular weight excluding hydrogens is 268 g/mol. The molecule has 1 amide bonds. The Morgan fingerprint density at radius 1 is 1.53 bits per heavy atom. The van der Waals surface area contributed by atoms with Crippen LogP contribution in [0.1, 0.15) is 13.3 Å². The average Bonchev–Trinajstić information content (AvgIpc) is 2.37. The number of rotatable bonds is 4. The lowest BCUT2D eigenvalue weighted by molar-refractivity contribution is -0.133. The predicted molar refractivity (Wildman–Crippen MR) is 72.6 cm³/mol. The number of nitrogens with zero attached hydrogens (tertiary/aromatic N) is 1. The molecule has 5 nitrogen and oxygen atoms in total. The molecule has 0 saturated heterocycles. The number of hydrogen-bond acceptors (Lipinski definition) is 4. The van der Waals surface area contributed by atoms with E-state index in [9.17, 15) is 9.59 Å². The molecule has 1 N–H and O–H groups in total. The topological polar surface area (TPSA) is 58.6 Å². The molecule has 0 unspecified atom stereocenters. The van der Waals surface area contributed by atoms with Crippen molar-refractivity contribution in [3.05, 3.63) is 23.2 Å². The van der Waals surface area contributed by atoms with Crippen LogP contribution in [-0.2, 0) is 9.59 Å². The molecule has 0 spiro atoms. The zero-order chi connectivity index (χ0) is 13.8. The van der Waals surface area contributed by atoms with E-state index in [-0.39, 0.29) is 25.0 Å². The molecule has 0 aliphatic carbocycles. The maximum absolute atomic E-state index is 11.7. The predicted octanol–water partition coefficient (Wildman–Crippen LogP) is 1.59. The number of ether oxygens (including phenoxy) is 1. The van der Waals surface area contributed by atoms with E-state index in [0.717, 1.165) is 6.42 Å². The third-order valence-electron chi connectivity index (χ3n) is 2.71. The van der Waals surface area contributed by atoms with Crippen molar-refractivity contribution in [1.29, 1.82) is 0 Å². The van der Waals surface area contributed by atoms with E-state index in [4.69, 9.17) is 16.3 Å². The van der Waals surface area contributed by atoms with E-state index in [1.54, 1.807) is 23.1 Å². The molecule has 102 valence electrons. The van der Waals surface area contributed by atoms with E-state index >= 15 is 0 Å². The van der Waals surface area contributed by atoms with E-state index in [2.05, 4.69) is 5.32 Å². The molecule has 6 heteroatoms. The van der Waals surface area contributed by atoms with E-state index < -0.39 is 0 Å². The SMILES string of the molecule is CCCNC(=O)CN1CC(=O)Oc2ccc(Cl)cc21. The summed E-state index contributed by atoms with van der Waals surface area (Å²) in [6, 6.07) is 4.97. The molecule has 1 heterocycles. The summed E-state index contributed by atoms with van der Waals surface area (Å²) in [6.45, 7) is 2.77. The van der Waals surface area contributed by atoms with Crippen molar-refractivity contribution in [2.24, 2.45) is 0 Å². The minimum Gasteiger partial charge on any atom is -0.423 e. The van der Waals surface area contributed by atoms with Gasteiger partial charge in [-0.25, -0.2) is 4.79 Å². The van der Waals surface area contributed by atoms with Crippen LogP contribution in [0, 0.1) is 0 Å². The lowest BCUT2D eigenvalue weighted by Gasteiger charge is -2.29. The number of anilines is 1. The first-order valence-corrected chi connectivity index (χ1v) is 6.50. The number of benzene rings is 1. The molecule has 0 bridgehead atoms. The molecule has 0 atom stereocenters. The van der Waals surface area contributed by atoms with E-state index in [1.807, 2.05) is 6.92 Å². The van der Waals surface area contributed by atoms with Crippen LogP contribution in [0.25, 0.3) is 0 Å².